The van der Waals surface area contributed by atoms with Crippen molar-refractivity contribution in [2.24, 2.45) is 5.92 Å². The molecule has 2 amide bonds. The van der Waals surface area contributed by atoms with E-state index in [1.165, 1.54) is 0 Å². The minimum absolute atomic E-state index is 0.0367. The van der Waals surface area contributed by atoms with Crippen LogP contribution in [0.2, 0.25) is 0 Å². The lowest BCUT2D eigenvalue weighted by molar-refractivity contribution is -0.190. The molecule has 2 fully saturated rings. The van der Waals surface area contributed by atoms with Gasteiger partial charge in [0.15, 0.2) is 5.79 Å². The Morgan fingerprint density at radius 3 is 2.26 bits per heavy atom. The molecule has 14 heteroatoms. The first-order valence-electron chi connectivity index (χ1n) is 13.9. The number of hydrogen-bond acceptors (Lipinski definition) is 11. The van der Waals surface area contributed by atoms with Crippen LogP contribution >= 0.6 is 0 Å². The zero-order valence-electron chi connectivity index (χ0n) is 25.1. The second kappa shape index (κ2) is 13.7. The summed E-state index contributed by atoms with van der Waals surface area (Å²) in [6.45, 7) is 11.5. The Bertz CT molecular complexity index is 1200. The van der Waals surface area contributed by atoms with Crippen LogP contribution in [0.4, 0.5) is 4.79 Å². The smallest absolute Gasteiger partial charge is 0.408 e. The van der Waals surface area contributed by atoms with Crippen molar-refractivity contribution in [3.8, 4) is 0 Å². The normalized spacial score (nSPS) is 24.7. The lowest BCUT2D eigenvalue weighted by Crippen LogP contribution is -2.52. The molecule has 0 saturated carbocycles. The molecule has 0 aliphatic carbocycles. The lowest BCUT2D eigenvalue weighted by atomic mass is 9.99. The summed E-state index contributed by atoms with van der Waals surface area (Å²) < 4.78 is 60.9. The number of alkyl carbamates (subject to hydrolysis) is 1. The van der Waals surface area contributed by atoms with Crippen LogP contribution in [0.15, 0.2) is 30.3 Å². The number of nitrogens with one attached hydrogen (secondary N) is 2. The Balaban J connectivity index is 1.58. The van der Waals surface area contributed by atoms with Crippen molar-refractivity contribution in [1.29, 1.82) is 0 Å². The third-order valence-electron chi connectivity index (χ3n) is 6.67. The van der Waals surface area contributed by atoms with E-state index in [0.717, 1.165) is 0 Å². The summed E-state index contributed by atoms with van der Waals surface area (Å²) in [6, 6.07) is 7.36. The Hall–Kier alpha value is -2.78. The predicted octanol–water partition coefficient (Wildman–Crippen LogP) is 2.84. The van der Waals surface area contributed by atoms with Crippen molar-refractivity contribution in [2.75, 3.05) is 13.2 Å². The van der Waals surface area contributed by atoms with Crippen LogP contribution in [-0.2, 0) is 43.0 Å². The first-order chi connectivity index (χ1) is 19.5. The van der Waals surface area contributed by atoms with Gasteiger partial charge in [-0.1, -0.05) is 38.5 Å². The highest BCUT2D eigenvalue weighted by molar-refractivity contribution is 7.85. The van der Waals surface area contributed by atoms with E-state index < -0.39 is 82.6 Å². The highest BCUT2D eigenvalue weighted by Gasteiger charge is 2.55. The second-order valence-electron chi connectivity index (χ2n) is 11.8. The van der Waals surface area contributed by atoms with Gasteiger partial charge in [-0.2, -0.15) is 8.42 Å². The molecule has 2 saturated heterocycles. The van der Waals surface area contributed by atoms with E-state index in [1.807, 2.05) is 4.72 Å². The molecule has 0 spiro atoms. The van der Waals surface area contributed by atoms with Crippen molar-refractivity contribution in [3.05, 3.63) is 35.9 Å². The Kier molecular flexibility index (Phi) is 11.0. The van der Waals surface area contributed by atoms with Crippen molar-refractivity contribution in [3.63, 3.8) is 0 Å². The average Bonchev–Trinajstić information content (AvgIpc) is 3.37. The van der Waals surface area contributed by atoms with Gasteiger partial charge in [0.05, 0.1) is 24.9 Å². The summed E-state index contributed by atoms with van der Waals surface area (Å²) in [4.78, 5) is 37.4. The van der Waals surface area contributed by atoms with Crippen LogP contribution in [0.5, 0.6) is 0 Å². The Morgan fingerprint density at radius 1 is 1.05 bits per heavy atom. The van der Waals surface area contributed by atoms with Crippen molar-refractivity contribution in [1.82, 2.24) is 10.0 Å². The maximum atomic E-state index is 12.9. The van der Waals surface area contributed by atoms with Crippen LogP contribution in [0.25, 0.3) is 0 Å². The fourth-order valence-electron chi connectivity index (χ4n) is 4.57. The van der Waals surface area contributed by atoms with Gasteiger partial charge in [-0.25, -0.2) is 14.3 Å². The molecular formula is C28H42N2O11S. The van der Waals surface area contributed by atoms with Crippen LogP contribution in [0, 0.1) is 5.92 Å². The SMILES string of the molecule is CCC(C)C(NC(=O)OC(C)(C)C)C(=O)NS(=O)(=O)OCC1OC(CCOC(=O)c2ccccc2)C2OC(C)(C)OC12. The predicted molar refractivity (Wildman–Crippen MR) is 149 cm³/mol. The Morgan fingerprint density at radius 2 is 1.67 bits per heavy atom. The fraction of sp³-hybridized carbons (Fsp3) is 0.679. The fourth-order valence-corrected chi connectivity index (χ4v) is 5.32. The molecule has 0 aromatic heterocycles. The van der Waals surface area contributed by atoms with Crippen LogP contribution in [0.3, 0.4) is 0 Å². The van der Waals surface area contributed by atoms with Gasteiger partial charge in [0.2, 0.25) is 0 Å². The summed E-state index contributed by atoms with van der Waals surface area (Å²) in [7, 11) is -4.60. The number of carbonyl (C=O) groups is 3. The monoisotopic (exact) mass is 614 g/mol. The maximum absolute atomic E-state index is 12.9. The lowest BCUT2D eigenvalue weighted by Gasteiger charge is -2.26. The minimum atomic E-state index is -4.60. The van der Waals surface area contributed by atoms with Gasteiger partial charge in [0.25, 0.3) is 5.91 Å². The van der Waals surface area contributed by atoms with E-state index in [2.05, 4.69) is 5.32 Å². The van der Waals surface area contributed by atoms with Gasteiger partial charge in [0.1, 0.15) is 30.0 Å². The molecule has 42 heavy (non-hydrogen) atoms. The molecule has 3 rings (SSSR count). The molecule has 1 aromatic rings. The van der Waals surface area contributed by atoms with E-state index in [4.69, 9.17) is 27.9 Å². The van der Waals surface area contributed by atoms with Gasteiger partial charge in [0, 0.05) is 6.42 Å². The summed E-state index contributed by atoms with van der Waals surface area (Å²) >= 11 is 0. The maximum Gasteiger partial charge on any atom is 0.408 e. The number of benzene rings is 1. The molecule has 6 atom stereocenters. The summed E-state index contributed by atoms with van der Waals surface area (Å²) in [5, 5.41) is 2.44. The highest BCUT2D eigenvalue weighted by atomic mass is 32.2. The van der Waals surface area contributed by atoms with E-state index in [9.17, 15) is 22.8 Å². The summed E-state index contributed by atoms with van der Waals surface area (Å²) in [6.07, 6.45) is -2.76. The third kappa shape index (κ3) is 9.63. The molecule has 0 radical (unpaired) electrons. The van der Waals surface area contributed by atoms with Crippen LogP contribution in [0.1, 0.15) is 71.7 Å². The number of esters is 1. The second-order valence-corrected chi connectivity index (χ2v) is 13.1. The van der Waals surface area contributed by atoms with Gasteiger partial charge >= 0.3 is 22.4 Å². The standard InChI is InChI=1S/C28H42N2O11S/c1-8-17(2)21(29-26(33)41-27(3,4)5)24(31)30-42(34,35)37-16-20-23-22(39-28(6,7)40-23)19(38-20)14-15-36-25(32)18-12-10-9-11-13-18/h9-13,17,19-23H,8,14-16H2,1-7H3,(H,29,33)(H,30,31). The topological polar surface area (TPSA) is 165 Å². The number of amides is 2. The van der Waals surface area contributed by atoms with Crippen molar-refractivity contribution >= 4 is 28.3 Å². The number of hydrogen-bond donors (Lipinski definition) is 2. The van der Waals surface area contributed by atoms with Gasteiger partial charge in [-0.05, 0) is 52.7 Å². The zero-order valence-corrected chi connectivity index (χ0v) is 25.9. The number of rotatable bonds is 12. The van der Waals surface area contributed by atoms with Gasteiger partial charge in [-0.3, -0.25) is 8.98 Å². The van der Waals surface area contributed by atoms with Crippen LogP contribution < -0.4 is 10.0 Å². The van der Waals surface area contributed by atoms with E-state index in [1.54, 1.807) is 78.8 Å². The van der Waals surface area contributed by atoms with E-state index >= 15 is 0 Å². The first kappa shape index (κ1) is 33.7. The third-order valence-corrected chi connectivity index (χ3v) is 7.57. The molecule has 13 nitrogen and oxygen atoms in total. The first-order valence-corrected chi connectivity index (χ1v) is 15.3. The molecule has 2 aliphatic heterocycles. The van der Waals surface area contributed by atoms with Crippen molar-refractivity contribution in [2.45, 2.75) is 103 Å². The van der Waals surface area contributed by atoms with E-state index in [0.29, 0.717) is 12.0 Å². The molecular weight excluding hydrogens is 572 g/mol. The van der Waals surface area contributed by atoms with Crippen molar-refractivity contribution < 1.29 is 50.7 Å². The number of fused-ring (bicyclic) bond motifs is 1. The number of carbonyl (C=O) groups excluding carboxylic acids is 3. The minimum Gasteiger partial charge on any atom is -0.462 e. The Labute approximate surface area is 247 Å². The molecule has 2 N–H and O–H groups in total. The van der Waals surface area contributed by atoms with Gasteiger partial charge < -0.3 is 29.0 Å². The van der Waals surface area contributed by atoms with E-state index in [-0.39, 0.29) is 13.0 Å². The molecule has 2 heterocycles. The molecule has 2 aliphatic rings. The number of ether oxygens (including phenoxy) is 5. The quantitative estimate of drug-likeness (QED) is 0.333. The molecule has 0 bridgehead atoms. The zero-order chi connectivity index (χ0) is 31.3. The molecule has 1 aromatic carbocycles. The molecule has 6 unspecified atom stereocenters. The highest BCUT2D eigenvalue weighted by Crippen LogP contribution is 2.40. The van der Waals surface area contributed by atoms with Gasteiger partial charge in [-0.15, -0.1) is 0 Å². The van der Waals surface area contributed by atoms with Crippen LogP contribution in [-0.4, -0.2) is 81.4 Å². The average molecular weight is 615 g/mol. The summed E-state index contributed by atoms with van der Waals surface area (Å²) in [5.74, 6) is -2.82. The largest absolute Gasteiger partial charge is 0.462 e. The summed E-state index contributed by atoms with van der Waals surface area (Å²) in [5.41, 5.74) is -0.392. The molecule has 236 valence electrons.